The van der Waals surface area contributed by atoms with Crippen LogP contribution in [0.3, 0.4) is 0 Å². The van der Waals surface area contributed by atoms with Gasteiger partial charge in [-0.3, -0.25) is 4.79 Å². The highest BCUT2D eigenvalue weighted by atomic mass is 35.5. The molecule has 0 atom stereocenters. The lowest BCUT2D eigenvalue weighted by Crippen LogP contribution is -2.13. The van der Waals surface area contributed by atoms with Crippen LogP contribution in [0.25, 0.3) is 22.4 Å². The second kappa shape index (κ2) is 5.75. The molecule has 0 amide bonds. The topological polar surface area (TPSA) is 94.3 Å². The minimum atomic E-state index is -0.685. The molecule has 0 fully saturated rings. The summed E-state index contributed by atoms with van der Waals surface area (Å²) in [7, 11) is 0. The molecular formula is C16H12ClN5O3. The molecule has 126 valence electrons. The van der Waals surface area contributed by atoms with Gasteiger partial charge in [0.25, 0.3) is 11.4 Å². The van der Waals surface area contributed by atoms with Gasteiger partial charge in [-0.25, -0.2) is 9.31 Å². The van der Waals surface area contributed by atoms with Crippen LogP contribution in [0.2, 0.25) is 5.02 Å². The predicted molar refractivity (Wildman–Crippen MR) is 91.4 cm³/mol. The number of hydrogen-bond acceptors (Lipinski definition) is 5. The van der Waals surface area contributed by atoms with Gasteiger partial charge in [-0.05, 0) is 31.2 Å². The van der Waals surface area contributed by atoms with Crippen LogP contribution in [0, 0.1) is 0 Å². The van der Waals surface area contributed by atoms with E-state index in [1.54, 1.807) is 19.1 Å². The summed E-state index contributed by atoms with van der Waals surface area (Å²) in [5.74, 6) is -0.858. The number of rotatable bonds is 3. The number of aromatic nitrogens is 5. The highest BCUT2D eigenvalue weighted by Crippen LogP contribution is 2.25. The molecule has 0 saturated carbocycles. The highest BCUT2D eigenvalue weighted by Gasteiger charge is 2.19. The Balaban J connectivity index is 2.11. The van der Waals surface area contributed by atoms with Crippen molar-refractivity contribution in [2.75, 3.05) is 6.61 Å². The van der Waals surface area contributed by atoms with E-state index < -0.39 is 11.5 Å². The number of nitrogens with zero attached hydrogens (tertiary/aromatic N) is 4. The molecule has 3 aromatic heterocycles. The first-order chi connectivity index (χ1) is 12.1. The summed E-state index contributed by atoms with van der Waals surface area (Å²) >= 11 is 6.19. The summed E-state index contributed by atoms with van der Waals surface area (Å²) < 4.78 is 8.09. The third kappa shape index (κ3) is 2.47. The van der Waals surface area contributed by atoms with E-state index >= 15 is 0 Å². The van der Waals surface area contributed by atoms with Crippen molar-refractivity contribution in [3.05, 3.63) is 57.9 Å². The first-order valence-corrected chi connectivity index (χ1v) is 7.89. The van der Waals surface area contributed by atoms with E-state index in [1.807, 2.05) is 29.1 Å². The number of halogens is 1. The normalized spacial score (nSPS) is 11.3. The largest absolute Gasteiger partial charge is 0.460 e. The number of hydrogen-bond donors (Lipinski definition) is 1. The number of benzene rings is 1. The number of carbonyl (C=O) groups excluding carboxylic acids is 1. The number of H-pyrrole nitrogens is 1. The van der Waals surface area contributed by atoms with E-state index in [2.05, 4.69) is 15.1 Å². The molecule has 0 radical (unpaired) electrons. The lowest BCUT2D eigenvalue weighted by molar-refractivity contribution is 0.0512. The maximum absolute atomic E-state index is 12.3. The first-order valence-electron chi connectivity index (χ1n) is 7.51. The summed E-state index contributed by atoms with van der Waals surface area (Å²) in [6, 6.07) is 7.09. The third-order valence-corrected chi connectivity index (χ3v) is 3.88. The van der Waals surface area contributed by atoms with Gasteiger partial charge in [0.1, 0.15) is 5.52 Å². The maximum Gasteiger partial charge on any atom is 0.378 e. The zero-order chi connectivity index (χ0) is 17.6. The van der Waals surface area contributed by atoms with Gasteiger partial charge in [0.05, 0.1) is 17.8 Å². The Morgan fingerprint density at radius 2 is 2.08 bits per heavy atom. The molecule has 3 heterocycles. The standard InChI is InChI=1S/C16H12ClN5O3/c1-2-25-16(24)13-19-14-15(23)18-10-7-9(17)8-11(12(10)22(14)20-13)21-5-3-4-6-21/h3-8H,2H2,1H3,(H,18,23). The molecule has 4 aromatic rings. The van der Waals surface area contributed by atoms with Crippen molar-refractivity contribution in [1.82, 2.24) is 24.1 Å². The molecule has 25 heavy (non-hydrogen) atoms. The molecule has 1 aromatic carbocycles. The monoisotopic (exact) mass is 357 g/mol. The fourth-order valence-corrected chi connectivity index (χ4v) is 2.88. The molecule has 9 heteroatoms. The van der Waals surface area contributed by atoms with Gasteiger partial charge in [0, 0.05) is 17.4 Å². The van der Waals surface area contributed by atoms with Crippen molar-refractivity contribution >= 4 is 34.3 Å². The molecule has 0 bridgehead atoms. The zero-order valence-corrected chi connectivity index (χ0v) is 13.8. The van der Waals surface area contributed by atoms with Crippen LogP contribution < -0.4 is 5.56 Å². The Labute approximate surface area is 145 Å². The van der Waals surface area contributed by atoms with Crippen LogP contribution in [0.1, 0.15) is 17.5 Å². The first kappa shape index (κ1) is 15.4. The van der Waals surface area contributed by atoms with Gasteiger partial charge in [-0.1, -0.05) is 11.6 Å². The van der Waals surface area contributed by atoms with Crippen LogP contribution in [0.15, 0.2) is 41.5 Å². The smallest absolute Gasteiger partial charge is 0.378 e. The average molecular weight is 358 g/mol. The fraction of sp³-hybridized carbons (Fsp3) is 0.125. The molecule has 0 aliphatic rings. The van der Waals surface area contributed by atoms with Crippen molar-refractivity contribution in [3.63, 3.8) is 0 Å². The number of ether oxygens (including phenoxy) is 1. The molecule has 4 rings (SSSR count). The second-order valence-corrected chi connectivity index (χ2v) is 5.69. The molecular weight excluding hydrogens is 346 g/mol. The number of esters is 1. The summed E-state index contributed by atoms with van der Waals surface area (Å²) in [5, 5.41) is 4.63. The highest BCUT2D eigenvalue weighted by molar-refractivity contribution is 6.31. The predicted octanol–water partition coefficient (Wildman–Crippen LogP) is 2.19. The number of nitrogens with one attached hydrogen (secondary N) is 1. The Morgan fingerprint density at radius 3 is 2.80 bits per heavy atom. The quantitative estimate of drug-likeness (QED) is 0.567. The average Bonchev–Trinajstić information content (AvgIpc) is 3.24. The molecule has 0 unspecified atom stereocenters. The van der Waals surface area contributed by atoms with Crippen molar-refractivity contribution in [2.45, 2.75) is 6.92 Å². The van der Waals surface area contributed by atoms with Gasteiger partial charge in [-0.15, -0.1) is 5.10 Å². The summed E-state index contributed by atoms with van der Waals surface area (Å²) in [6.07, 6.45) is 3.68. The van der Waals surface area contributed by atoms with E-state index in [0.717, 1.165) is 0 Å². The molecule has 8 nitrogen and oxygen atoms in total. The Kier molecular flexibility index (Phi) is 3.54. The third-order valence-electron chi connectivity index (χ3n) is 3.67. The van der Waals surface area contributed by atoms with E-state index in [4.69, 9.17) is 16.3 Å². The summed E-state index contributed by atoms with van der Waals surface area (Å²) in [6.45, 7) is 1.87. The van der Waals surface area contributed by atoms with Gasteiger partial charge >= 0.3 is 5.97 Å². The summed E-state index contributed by atoms with van der Waals surface area (Å²) in [4.78, 5) is 31.0. The lowest BCUT2D eigenvalue weighted by atomic mass is 10.2. The Bertz CT molecular complexity index is 1160. The van der Waals surface area contributed by atoms with Crippen LogP contribution in [-0.2, 0) is 4.74 Å². The lowest BCUT2D eigenvalue weighted by Gasteiger charge is -2.09. The molecule has 0 aliphatic heterocycles. The fourth-order valence-electron chi connectivity index (χ4n) is 2.67. The second-order valence-electron chi connectivity index (χ2n) is 5.26. The SMILES string of the molecule is CCOC(=O)c1nc2c(=O)[nH]c3cc(Cl)cc(-n4cccc4)c3n2n1. The van der Waals surface area contributed by atoms with E-state index in [1.165, 1.54) is 4.52 Å². The van der Waals surface area contributed by atoms with Crippen molar-refractivity contribution in [2.24, 2.45) is 0 Å². The van der Waals surface area contributed by atoms with Crippen LogP contribution in [0.4, 0.5) is 0 Å². The number of carbonyl (C=O) groups is 1. The Hall–Kier alpha value is -3.13. The van der Waals surface area contributed by atoms with E-state index in [0.29, 0.717) is 21.7 Å². The van der Waals surface area contributed by atoms with Crippen LogP contribution in [0.5, 0.6) is 0 Å². The molecule has 0 saturated heterocycles. The van der Waals surface area contributed by atoms with Crippen LogP contribution >= 0.6 is 11.6 Å². The van der Waals surface area contributed by atoms with E-state index in [-0.39, 0.29) is 18.1 Å². The Morgan fingerprint density at radius 1 is 1.32 bits per heavy atom. The van der Waals surface area contributed by atoms with Gasteiger partial charge < -0.3 is 14.3 Å². The van der Waals surface area contributed by atoms with Crippen LogP contribution in [-0.4, -0.2) is 36.7 Å². The van der Waals surface area contributed by atoms with Gasteiger partial charge in [0.15, 0.2) is 0 Å². The van der Waals surface area contributed by atoms with E-state index in [9.17, 15) is 9.59 Å². The van der Waals surface area contributed by atoms with Crippen molar-refractivity contribution < 1.29 is 9.53 Å². The van der Waals surface area contributed by atoms with Crippen molar-refractivity contribution in [1.29, 1.82) is 0 Å². The van der Waals surface area contributed by atoms with Gasteiger partial charge in [0.2, 0.25) is 5.65 Å². The minimum Gasteiger partial charge on any atom is -0.460 e. The van der Waals surface area contributed by atoms with Crippen molar-refractivity contribution in [3.8, 4) is 5.69 Å². The molecule has 1 N–H and O–H groups in total. The number of fused-ring (bicyclic) bond motifs is 3. The molecule has 0 aliphatic carbocycles. The summed E-state index contributed by atoms with van der Waals surface area (Å²) in [5.41, 5.74) is 1.27. The maximum atomic E-state index is 12.3. The minimum absolute atomic E-state index is 0.00582. The number of aromatic amines is 1. The molecule has 0 spiro atoms. The zero-order valence-electron chi connectivity index (χ0n) is 13.1. The van der Waals surface area contributed by atoms with Gasteiger partial charge in [-0.2, -0.15) is 4.98 Å².